The summed E-state index contributed by atoms with van der Waals surface area (Å²) in [7, 11) is 1.66. The number of hydrogen-bond acceptors (Lipinski definition) is 5. The van der Waals surface area contributed by atoms with E-state index in [-0.39, 0.29) is 30.4 Å². The molecule has 0 bridgehead atoms. The molecule has 1 fully saturated rings. The zero-order chi connectivity index (χ0) is 24.3. The number of ether oxygens (including phenoxy) is 2. The Kier molecular flexibility index (Phi) is 9.76. The zero-order valence-electron chi connectivity index (χ0n) is 20.5. The van der Waals surface area contributed by atoms with Crippen LogP contribution < -0.4 is 14.8 Å². The molecule has 1 N–H and O–H groups in total. The van der Waals surface area contributed by atoms with E-state index in [1.165, 1.54) is 0 Å². The van der Waals surface area contributed by atoms with E-state index in [0.717, 1.165) is 24.4 Å². The highest BCUT2D eigenvalue weighted by molar-refractivity contribution is 5.80. The molecule has 184 valence electrons. The first-order chi connectivity index (χ1) is 16.5. The van der Waals surface area contributed by atoms with E-state index in [1.807, 2.05) is 48.5 Å². The SMILES string of the molecule is CCN(CC)C(CNC(=O)C1CCN(C(=O)COc2ccccc2)CC1)c1cccc(OC)c1. The van der Waals surface area contributed by atoms with Gasteiger partial charge in [0.05, 0.1) is 13.2 Å². The molecule has 7 heteroatoms. The molecule has 0 spiro atoms. The Bertz CT molecular complexity index is 909. The fourth-order valence-corrected chi connectivity index (χ4v) is 4.46. The number of benzene rings is 2. The number of carbonyl (C=O) groups excluding carboxylic acids is 2. The third-order valence-corrected chi connectivity index (χ3v) is 6.53. The standard InChI is InChI=1S/C27H37N3O4/c1-4-29(5-2)25(22-10-9-13-24(18-22)33-3)19-28-27(32)21-14-16-30(17-15-21)26(31)20-34-23-11-7-6-8-12-23/h6-13,18,21,25H,4-5,14-17,19-20H2,1-3H3,(H,28,32). The summed E-state index contributed by atoms with van der Waals surface area (Å²) in [6.07, 6.45) is 1.33. The van der Waals surface area contributed by atoms with Crippen molar-refractivity contribution >= 4 is 11.8 Å². The van der Waals surface area contributed by atoms with Gasteiger partial charge in [-0.05, 0) is 55.8 Å². The Morgan fingerprint density at radius 1 is 1.03 bits per heavy atom. The van der Waals surface area contributed by atoms with Crippen LogP contribution in [-0.2, 0) is 9.59 Å². The van der Waals surface area contributed by atoms with E-state index < -0.39 is 0 Å². The van der Waals surface area contributed by atoms with Crippen molar-refractivity contribution in [2.45, 2.75) is 32.7 Å². The van der Waals surface area contributed by atoms with Crippen LogP contribution in [0.25, 0.3) is 0 Å². The quantitative estimate of drug-likeness (QED) is 0.548. The van der Waals surface area contributed by atoms with Crippen LogP contribution in [0, 0.1) is 5.92 Å². The Morgan fingerprint density at radius 3 is 2.35 bits per heavy atom. The number of likely N-dealkylation sites (N-methyl/N-ethyl adjacent to an activating group) is 1. The number of methoxy groups -OCH3 is 1. The molecule has 1 unspecified atom stereocenters. The van der Waals surface area contributed by atoms with E-state index in [2.05, 4.69) is 30.1 Å². The molecule has 3 rings (SSSR count). The molecule has 2 amide bonds. The molecular weight excluding hydrogens is 430 g/mol. The van der Waals surface area contributed by atoms with Gasteiger partial charge in [0.25, 0.3) is 5.91 Å². The molecule has 2 aromatic rings. The van der Waals surface area contributed by atoms with E-state index in [9.17, 15) is 9.59 Å². The second-order valence-electron chi connectivity index (χ2n) is 8.52. The molecule has 1 saturated heterocycles. The minimum Gasteiger partial charge on any atom is -0.497 e. The molecule has 1 heterocycles. The third kappa shape index (κ3) is 6.97. The number of amides is 2. The van der Waals surface area contributed by atoms with Gasteiger partial charge in [-0.3, -0.25) is 14.5 Å². The Morgan fingerprint density at radius 2 is 1.71 bits per heavy atom. The van der Waals surface area contributed by atoms with Crippen LogP contribution in [0.3, 0.4) is 0 Å². The molecule has 0 radical (unpaired) electrons. The summed E-state index contributed by atoms with van der Waals surface area (Å²) in [4.78, 5) is 29.6. The second-order valence-corrected chi connectivity index (χ2v) is 8.52. The first-order valence-electron chi connectivity index (χ1n) is 12.2. The second kappa shape index (κ2) is 13.0. The molecule has 7 nitrogen and oxygen atoms in total. The van der Waals surface area contributed by atoms with Gasteiger partial charge in [0.2, 0.25) is 5.91 Å². The number of nitrogens with zero attached hydrogens (tertiary/aromatic N) is 2. The smallest absolute Gasteiger partial charge is 0.260 e. The average molecular weight is 468 g/mol. The lowest BCUT2D eigenvalue weighted by Gasteiger charge is -2.33. The lowest BCUT2D eigenvalue weighted by atomic mass is 9.95. The van der Waals surface area contributed by atoms with Crippen molar-refractivity contribution in [3.05, 3.63) is 60.2 Å². The van der Waals surface area contributed by atoms with Gasteiger partial charge in [-0.25, -0.2) is 0 Å². The summed E-state index contributed by atoms with van der Waals surface area (Å²) >= 11 is 0. The highest BCUT2D eigenvalue weighted by Crippen LogP contribution is 2.24. The Hall–Kier alpha value is -3.06. The molecule has 1 aliphatic rings. The molecule has 0 aliphatic carbocycles. The minimum absolute atomic E-state index is 0.0208. The highest BCUT2D eigenvalue weighted by Gasteiger charge is 2.28. The van der Waals surface area contributed by atoms with Gasteiger partial charge in [0.15, 0.2) is 6.61 Å². The molecule has 0 saturated carbocycles. The van der Waals surface area contributed by atoms with E-state index in [1.54, 1.807) is 12.0 Å². The maximum atomic E-state index is 13.0. The van der Waals surface area contributed by atoms with Crippen molar-refractivity contribution in [3.63, 3.8) is 0 Å². The lowest BCUT2D eigenvalue weighted by Crippen LogP contribution is -2.46. The number of hydrogen-bond donors (Lipinski definition) is 1. The van der Waals surface area contributed by atoms with Gasteiger partial charge in [0, 0.05) is 25.6 Å². The summed E-state index contributed by atoms with van der Waals surface area (Å²) < 4.78 is 11.0. The minimum atomic E-state index is -0.0817. The normalized spacial score (nSPS) is 15.1. The lowest BCUT2D eigenvalue weighted by molar-refractivity contribution is -0.137. The zero-order valence-corrected chi connectivity index (χ0v) is 20.5. The summed E-state index contributed by atoms with van der Waals surface area (Å²) in [6, 6.07) is 17.4. The molecule has 1 atom stereocenters. The van der Waals surface area contributed by atoms with Crippen molar-refractivity contribution in [2.75, 3.05) is 46.4 Å². The predicted molar refractivity (Wildman–Crippen MR) is 133 cm³/mol. The van der Waals surface area contributed by atoms with Crippen LogP contribution in [-0.4, -0.2) is 68.1 Å². The van der Waals surface area contributed by atoms with Crippen LogP contribution in [0.2, 0.25) is 0 Å². The number of para-hydroxylation sites is 1. The molecule has 2 aromatic carbocycles. The predicted octanol–water partition coefficient (Wildman–Crippen LogP) is 3.51. The van der Waals surface area contributed by atoms with Crippen molar-refractivity contribution in [3.8, 4) is 11.5 Å². The summed E-state index contributed by atoms with van der Waals surface area (Å²) in [5, 5.41) is 3.18. The summed E-state index contributed by atoms with van der Waals surface area (Å²) in [6.45, 7) is 7.75. The molecular formula is C27H37N3O4. The molecule has 34 heavy (non-hydrogen) atoms. The van der Waals surface area contributed by atoms with E-state index in [4.69, 9.17) is 9.47 Å². The maximum Gasteiger partial charge on any atom is 0.260 e. The largest absolute Gasteiger partial charge is 0.497 e. The molecule has 0 aromatic heterocycles. The Balaban J connectivity index is 1.50. The maximum absolute atomic E-state index is 13.0. The number of rotatable bonds is 11. The van der Waals surface area contributed by atoms with Crippen molar-refractivity contribution in [2.24, 2.45) is 5.92 Å². The molecule has 1 aliphatic heterocycles. The van der Waals surface area contributed by atoms with Crippen LogP contribution in [0.15, 0.2) is 54.6 Å². The van der Waals surface area contributed by atoms with Crippen molar-refractivity contribution < 1.29 is 19.1 Å². The number of carbonyl (C=O) groups is 2. The number of nitrogens with one attached hydrogen (secondary N) is 1. The van der Waals surface area contributed by atoms with Gasteiger partial charge in [-0.2, -0.15) is 0 Å². The average Bonchev–Trinajstić information content (AvgIpc) is 2.90. The Labute approximate surface area is 203 Å². The first-order valence-corrected chi connectivity index (χ1v) is 12.2. The fraction of sp³-hybridized carbons (Fsp3) is 0.481. The number of piperidine rings is 1. The summed E-state index contributed by atoms with van der Waals surface area (Å²) in [5.74, 6) is 1.44. The fourth-order valence-electron chi connectivity index (χ4n) is 4.46. The van der Waals surface area contributed by atoms with Gasteiger partial charge in [0.1, 0.15) is 11.5 Å². The summed E-state index contributed by atoms with van der Waals surface area (Å²) in [5.41, 5.74) is 1.13. The third-order valence-electron chi connectivity index (χ3n) is 6.53. The van der Waals surface area contributed by atoms with Gasteiger partial charge < -0.3 is 19.7 Å². The van der Waals surface area contributed by atoms with Crippen molar-refractivity contribution in [1.29, 1.82) is 0 Å². The van der Waals surface area contributed by atoms with Gasteiger partial charge >= 0.3 is 0 Å². The van der Waals surface area contributed by atoms with Gasteiger partial charge in [-0.15, -0.1) is 0 Å². The van der Waals surface area contributed by atoms with E-state index in [0.29, 0.717) is 38.2 Å². The van der Waals surface area contributed by atoms with Crippen molar-refractivity contribution in [1.82, 2.24) is 15.1 Å². The topological polar surface area (TPSA) is 71.1 Å². The monoisotopic (exact) mass is 467 g/mol. The van der Waals surface area contributed by atoms with E-state index >= 15 is 0 Å². The van der Waals surface area contributed by atoms with Crippen LogP contribution >= 0.6 is 0 Å². The van der Waals surface area contributed by atoms with Gasteiger partial charge in [-0.1, -0.05) is 44.2 Å². The van der Waals surface area contributed by atoms with Crippen LogP contribution in [0.4, 0.5) is 0 Å². The number of likely N-dealkylation sites (tertiary alicyclic amines) is 1. The van der Waals surface area contributed by atoms with Crippen LogP contribution in [0.5, 0.6) is 11.5 Å². The first kappa shape index (κ1) is 25.6. The highest BCUT2D eigenvalue weighted by atomic mass is 16.5. The van der Waals surface area contributed by atoms with Crippen LogP contribution in [0.1, 0.15) is 38.3 Å².